The van der Waals surface area contributed by atoms with E-state index in [1.54, 1.807) is 0 Å². The Kier molecular flexibility index (Phi) is 7.84. The quantitative estimate of drug-likeness (QED) is 0.596. The van der Waals surface area contributed by atoms with E-state index in [0.29, 0.717) is 12.0 Å². The standard InChI is InChI=1S/C26H37NO3/c1-25(2,3)21(27(7)23(28)19-14-10-8-11-15-19)18-22(26(4,5)6)30-24(29)20-16-12-9-13-17-20/h8-17,21-22,24,29H,18H2,1-7H3. The summed E-state index contributed by atoms with van der Waals surface area (Å²) in [5, 5.41) is 10.7. The maximum atomic E-state index is 13.1. The van der Waals surface area contributed by atoms with Crippen molar-refractivity contribution in [2.24, 2.45) is 10.8 Å². The summed E-state index contributed by atoms with van der Waals surface area (Å²) >= 11 is 0. The number of aliphatic hydroxyl groups excluding tert-OH is 1. The molecule has 0 radical (unpaired) electrons. The van der Waals surface area contributed by atoms with Crippen molar-refractivity contribution in [3.63, 3.8) is 0 Å². The molecule has 2 aromatic carbocycles. The maximum Gasteiger partial charge on any atom is 0.253 e. The van der Waals surface area contributed by atoms with Gasteiger partial charge in [-0.3, -0.25) is 4.79 Å². The monoisotopic (exact) mass is 411 g/mol. The topological polar surface area (TPSA) is 49.8 Å². The lowest BCUT2D eigenvalue weighted by atomic mass is 9.77. The van der Waals surface area contributed by atoms with Crippen LogP contribution >= 0.6 is 0 Å². The molecule has 4 heteroatoms. The molecule has 0 saturated carbocycles. The molecular formula is C26H37NO3. The van der Waals surface area contributed by atoms with Gasteiger partial charge in [0.05, 0.1) is 6.10 Å². The Morgan fingerprint density at radius 2 is 1.40 bits per heavy atom. The Labute approximate surface area is 181 Å². The zero-order chi connectivity index (χ0) is 22.5. The molecule has 0 saturated heterocycles. The van der Waals surface area contributed by atoms with Crippen molar-refractivity contribution in [3.05, 3.63) is 71.8 Å². The third-order valence-corrected chi connectivity index (χ3v) is 5.59. The van der Waals surface area contributed by atoms with Gasteiger partial charge in [-0.15, -0.1) is 0 Å². The van der Waals surface area contributed by atoms with Crippen molar-refractivity contribution in [1.29, 1.82) is 0 Å². The highest BCUT2D eigenvalue weighted by atomic mass is 16.6. The second kappa shape index (κ2) is 9.76. The third-order valence-electron chi connectivity index (χ3n) is 5.59. The summed E-state index contributed by atoms with van der Waals surface area (Å²) in [6.45, 7) is 12.7. The van der Waals surface area contributed by atoms with Gasteiger partial charge in [0.2, 0.25) is 0 Å². The third kappa shape index (κ3) is 6.41. The summed E-state index contributed by atoms with van der Waals surface area (Å²) in [6, 6.07) is 18.7. The average molecular weight is 412 g/mol. The Morgan fingerprint density at radius 3 is 1.87 bits per heavy atom. The number of rotatable bonds is 7. The second-order valence-electron chi connectivity index (χ2n) is 10.2. The van der Waals surface area contributed by atoms with E-state index in [2.05, 4.69) is 41.5 Å². The van der Waals surface area contributed by atoms with Gasteiger partial charge in [0.15, 0.2) is 6.29 Å². The Balaban J connectivity index is 2.27. The van der Waals surface area contributed by atoms with E-state index in [1.807, 2.05) is 72.6 Å². The van der Waals surface area contributed by atoms with E-state index >= 15 is 0 Å². The minimum Gasteiger partial charge on any atom is -0.364 e. The van der Waals surface area contributed by atoms with E-state index in [-0.39, 0.29) is 28.9 Å². The molecule has 4 nitrogen and oxygen atoms in total. The first-order chi connectivity index (χ1) is 13.9. The zero-order valence-corrected chi connectivity index (χ0v) is 19.4. The van der Waals surface area contributed by atoms with Crippen LogP contribution in [-0.4, -0.2) is 35.1 Å². The predicted molar refractivity (Wildman–Crippen MR) is 122 cm³/mol. The first kappa shape index (κ1) is 24.1. The number of nitrogens with zero attached hydrogens (tertiary/aromatic N) is 1. The van der Waals surface area contributed by atoms with Crippen molar-refractivity contribution in [2.75, 3.05) is 7.05 Å². The van der Waals surface area contributed by atoms with Crippen LogP contribution in [0.1, 0.15) is 70.2 Å². The van der Waals surface area contributed by atoms with E-state index in [1.165, 1.54) is 0 Å². The Morgan fingerprint density at radius 1 is 0.900 bits per heavy atom. The van der Waals surface area contributed by atoms with Crippen LogP contribution in [0.2, 0.25) is 0 Å². The maximum absolute atomic E-state index is 13.1. The van der Waals surface area contributed by atoms with Crippen molar-refractivity contribution in [1.82, 2.24) is 4.90 Å². The van der Waals surface area contributed by atoms with Crippen LogP contribution in [0.3, 0.4) is 0 Å². The largest absolute Gasteiger partial charge is 0.364 e. The molecule has 0 spiro atoms. The number of benzene rings is 2. The van der Waals surface area contributed by atoms with Gasteiger partial charge in [-0.2, -0.15) is 0 Å². The first-order valence-electron chi connectivity index (χ1n) is 10.6. The highest BCUT2D eigenvalue weighted by Crippen LogP contribution is 2.36. The molecule has 0 aliphatic heterocycles. The lowest BCUT2D eigenvalue weighted by molar-refractivity contribution is -0.176. The number of carbonyl (C=O) groups is 1. The van der Waals surface area contributed by atoms with Crippen LogP contribution in [0.4, 0.5) is 0 Å². The van der Waals surface area contributed by atoms with Crippen molar-refractivity contribution in [2.45, 2.75) is 66.4 Å². The minimum atomic E-state index is -1.01. The lowest BCUT2D eigenvalue weighted by Crippen LogP contribution is -2.49. The predicted octanol–water partition coefficient (Wildman–Crippen LogP) is 5.69. The van der Waals surface area contributed by atoms with E-state index in [0.717, 1.165) is 5.56 Å². The van der Waals surface area contributed by atoms with Gasteiger partial charge in [-0.25, -0.2) is 0 Å². The van der Waals surface area contributed by atoms with Gasteiger partial charge in [0.25, 0.3) is 5.91 Å². The Hall–Kier alpha value is -2.17. The van der Waals surface area contributed by atoms with Gasteiger partial charge in [-0.05, 0) is 29.4 Å². The molecule has 0 aromatic heterocycles. The fourth-order valence-electron chi connectivity index (χ4n) is 3.69. The number of amides is 1. The second-order valence-corrected chi connectivity index (χ2v) is 10.2. The molecule has 0 fully saturated rings. The summed E-state index contributed by atoms with van der Waals surface area (Å²) in [4.78, 5) is 15.0. The molecule has 0 aliphatic carbocycles. The summed E-state index contributed by atoms with van der Waals surface area (Å²) < 4.78 is 6.18. The lowest BCUT2D eigenvalue weighted by Gasteiger charge is -2.43. The number of carbonyl (C=O) groups excluding carboxylic acids is 1. The highest BCUT2D eigenvalue weighted by Gasteiger charge is 2.38. The fraction of sp³-hybridized carbons (Fsp3) is 0.500. The number of aliphatic hydroxyl groups is 1. The molecule has 0 bridgehead atoms. The molecular weight excluding hydrogens is 374 g/mol. The summed E-state index contributed by atoms with van der Waals surface area (Å²) in [5.41, 5.74) is 1.03. The number of hydrogen-bond donors (Lipinski definition) is 1. The van der Waals surface area contributed by atoms with Crippen LogP contribution in [0.5, 0.6) is 0 Å². The van der Waals surface area contributed by atoms with Gasteiger partial charge < -0.3 is 14.7 Å². The van der Waals surface area contributed by atoms with Gasteiger partial charge in [0, 0.05) is 24.2 Å². The van der Waals surface area contributed by atoms with Crippen molar-refractivity contribution < 1.29 is 14.6 Å². The van der Waals surface area contributed by atoms with Crippen LogP contribution in [0.15, 0.2) is 60.7 Å². The van der Waals surface area contributed by atoms with Gasteiger partial charge >= 0.3 is 0 Å². The molecule has 3 unspecified atom stereocenters. The molecule has 1 amide bonds. The van der Waals surface area contributed by atoms with E-state index in [4.69, 9.17) is 4.74 Å². The smallest absolute Gasteiger partial charge is 0.253 e. The van der Waals surface area contributed by atoms with Crippen LogP contribution in [0.25, 0.3) is 0 Å². The summed E-state index contributed by atoms with van der Waals surface area (Å²) in [7, 11) is 1.86. The molecule has 1 N–H and O–H groups in total. The minimum absolute atomic E-state index is 0.00760. The molecule has 0 heterocycles. The molecule has 0 aliphatic rings. The SMILES string of the molecule is CN(C(=O)c1ccccc1)C(CC(OC(O)c1ccccc1)C(C)(C)C)C(C)(C)C. The van der Waals surface area contributed by atoms with E-state index < -0.39 is 6.29 Å². The number of ether oxygens (including phenoxy) is 1. The van der Waals surface area contributed by atoms with Crippen LogP contribution in [0, 0.1) is 10.8 Å². The highest BCUT2D eigenvalue weighted by molar-refractivity contribution is 5.94. The molecule has 164 valence electrons. The van der Waals surface area contributed by atoms with Crippen molar-refractivity contribution in [3.8, 4) is 0 Å². The van der Waals surface area contributed by atoms with Gasteiger partial charge in [-0.1, -0.05) is 90.1 Å². The molecule has 2 rings (SSSR count). The fourth-order valence-corrected chi connectivity index (χ4v) is 3.69. The normalized spacial score (nSPS) is 15.3. The molecule has 3 atom stereocenters. The molecule has 2 aromatic rings. The average Bonchev–Trinajstić information content (AvgIpc) is 2.69. The Bertz CT molecular complexity index is 791. The summed E-state index contributed by atoms with van der Waals surface area (Å²) in [5.74, 6) is -0.00760. The summed E-state index contributed by atoms with van der Waals surface area (Å²) in [6.07, 6.45) is -0.638. The van der Waals surface area contributed by atoms with Gasteiger partial charge in [0.1, 0.15) is 0 Å². The molecule has 30 heavy (non-hydrogen) atoms. The van der Waals surface area contributed by atoms with Crippen LogP contribution in [-0.2, 0) is 4.74 Å². The number of hydrogen-bond acceptors (Lipinski definition) is 3. The van der Waals surface area contributed by atoms with E-state index in [9.17, 15) is 9.90 Å². The van der Waals surface area contributed by atoms with Crippen molar-refractivity contribution >= 4 is 5.91 Å². The van der Waals surface area contributed by atoms with Crippen LogP contribution < -0.4 is 0 Å². The zero-order valence-electron chi connectivity index (χ0n) is 19.4. The first-order valence-corrected chi connectivity index (χ1v) is 10.6.